The summed E-state index contributed by atoms with van der Waals surface area (Å²) in [4.78, 5) is 7.71. The summed E-state index contributed by atoms with van der Waals surface area (Å²) in [6, 6.07) is 7.73. The number of hydrogen-bond acceptors (Lipinski definition) is 3. The van der Waals surface area contributed by atoms with Crippen molar-refractivity contribution in [3.05, 3.63) is 34.9 Å². The average molecular weight is 406 g/mol. The number of nitrogens with one attached hydrogen (secondary N) is 2. The fraction of sp³-hybridized carbons (Fsp3) is 0.611. The van der Waals surface area contributed by atoms with Crippen LogP contribution in [-0.4, -0.2) is 75.3 Å². The molecule has 0 bridgehead atoms. The largest absolute Gasteiger partial charge is 0.401 e. The normalized spacial score (nSPS) is 20.1. The molecule has 1 aliphatic heterocycles. The first-order chi connectivity index (χ1) is 12.7. The second-order valence-electron chi connectivity index (χ2n) is 6.96. The minimum atomic E-state index is -4.16. The Kier molecular flexibility index (Phi) is 7.76. The molecule has 1 aromatic rings. The van der Waals surface area contributed by atoms with E-state index in [9.17, 15) is 13.2 Å². The Balaban J connectivity index is 1.88. The smallest absolute Gasteiger partial charge is 0.354 e. The Morgan fingerprint density at radius 2 is 2.00 bits per heavy atom. The highest BCUT2D eigenvalue weighted by Gasteiger charge is 2.34. The zero-order valence-corrected chi connectivity index (χ0v) is 16.6. The first-order valence-electron chi connectivity index (χ1n) is 8.86. The van der Waals surface area contributed by atoms with Crippen molar-refractivity contribution in [2.75, 3.05) is 47.3 Å². The highest BCUT2D eigenvalue weighted by molar-refractivity contribution is 6.30. The van der Waals surface area contributed by atoms with Gasteiger partial charge in [0.25, 0.3) is 0 Å². The van der Waals surface area contributed by atoms with Gasteiger partial charge in [-0.25, -0.2) is 0 Å². The van der Waals surface area contributed by atoms with Gasteiger partial charge in [-0.1, -0.05) is 23.7 Å². The lowest BCUT2D eigenvalue weighted by molar-refractivity contribution is -0.143. The zero-order valence-electron chi connectivity index (χ0n) is 15.9. The molecule has 0 spiro atoms. The van der Waals surface area contributed by atoms with Crippen molar-refractivity contribution in [2.45, 2.75) is 24.7 Å². The van der Waals surface area contributed by atoms with E-state index in [4.69, 9.17) is 11.6 Å². The monoisotopic (exact) mass is 405 g/mol. The van der Waals surface area contributed by atoms with E-state index in [-0.39, 0.29) is 12.1 Å². The number of nitrogens with zero attached hydrogens (tertiary/aromatic N) is 3. The third-order valence-corrected chi connectivity index (χ3v) is 4.83. The van der Waals surface area contributed by atoms with Gasteiger partial charge in [0, 0.05) is 37.7 Å². The number of rotatable bonds is 6. The van der Waals surface area contributed by atoms with Gasteiger partial charge in [-0.3, -0.25) is 9.89 Å². The Labute approximate surface area is 163 Å². The molecule has 0 saturated carbocycles. The van der Waals surface area contributed by atoms with Crippen molar-refractivity contribution in [3.63, 3.8) is 0 Å². The molecule has 0 amide bonds. The molecule has 2 rings (SSSR count). The van der Waals surface area contributed by atoms with Crippen molar-refractivity contribution >= 4 is 17.6 Å². The maximum absolute atomic E-state index is 12.5. The molecular weight excluding hydrogens is 379 g/mol. The predicted octanol–water partition coefficient (Wildman–Crippen LogP) is 2.74. The average Bonchev–Trinajstić information content (AvgIpc) is 3.00. The first kappa shape index (κ1) is 21.8. The highest BCUT2D eigenvalue weighted by atomic mass is 35.5. The number of aliphatic imine (C=N–C) groups is 1. The Morgan fingerprint density at radius 1 is 1.33 bits per heavy atom. The lowest BCUT2D eigenvalue weighted by Gasteiger charge is -2.27. The summed E-state index contributed by atoms with van der Waals surface area (Å²) in [6.45, 7) is 0.525. The molecule has 27 heavy (non-hydrogen) atoms. The number of likely N-dealkylation sites (tertiary alicyclic amines) is 1. The van der Waals surface area contributed by atoms with Crippen LogP contribution in [0.4, 0.5) is 13.2 Å². The van der Waals surface area contributed by atoms with Crippen LogP contribution in [0.15, 0.2) is 29.3 Å². The van der Waals surface area contributed by atoms with E-state index >= 15 is 0 Å². The molecule has 1 heterocycles. The summed E-state index contributed by atoms with van der Waals surface area (Å²) in [5.41, 5.74) is 1.12. The second-order valence-corrected chi connectivity index (χ2v) is 7.40. The number of alkyl halides is 3. The first-order valence-corrected chi connectivity index (χ1v) is 9.24. The standard InChI is InChI=1S/C18H27ClF3N5/c1-23-17(25-15-8-9-27(11-15)12-18(20,21)22)24-10-16(26(2)3)13-4-6-14(19)7-5-13/h4-7,15-16H,8-12H2,1-3H3,(H2,23,24,25). The van der Waals surface area contributed by atoms with Crippen molar-refractivity contribution < 1.29 is 13.2 Å². The lowest BCUT2D eigenvalue weighted by Crippen LogP contribution is -2.47. The Morgan fingerprint density at radius 3 is 2.56 bits per heavy atom. The molecule has 0 aliphatic carbocycles. The lowest BCUT2D eigenvalue weighted by atomic mass is 10.1. The molecule has 0 aromatic heterocycles. The number of likely N-dealkylation sites (N-methyl/N-ethyl adjacent to an activating group) is 1. The van der Waals surface area contributed by atoms with Crippen LogP contribution in [-0.2, 0) is 0 Å². The molecule has 1 saturated heterocycles. The third kappa shape index (κ3) is 7.20. The van der Waals surface area contributed by atoms with E-state index in [1.165, 1.54) is 4.90 Å². The van der Waals surface area contributed by atoms with E-state index in [1.807, 2.05) is 38.4 Å². The summed E-state index contributed by atoms with van der Waals surface area (Å²) in [5.74, 6) is 0.592. The fourth-order valence-corrected chi connectivity index (χ4v) is 3.34. The van der Waals surface area contributed by atoms with Crippen molar-refractivity contribution in [1.29, 1.82) is 0 Å². The summed E-state index contributed by atoms with van der Waals surface area (Å²) >= 11 is 5.96. The molecule has 1 fully saturated rings. The quantitative estimate of drug-likeness (QED) is 0.564. The second kappa shape index (κ2) is 9.61. The molecule has 1 aliphatic rings. The third-order valence-electron chi connectivity index (χ3n) is 4.58. The van der Waals surface area contributed by atoms with Crippen LogP contribution in [0.25, 0.3) is 0 Å². The van der Waals surface area contributed by atoms with E-state index < -0.39 is 12.7 Å². The minimum absolute atomic E-state index is 0.0492. The molecule has 2 N–H and O–H groups in total. The summed E-state index contributed by atoms with van der Waals surface area (Å²) < 4.78 is 37.6. The van der Waals surface area contributed by atoms with Gasteiger partial charge in [-0.05, 0) is 38.2 Å². The fourth-order valence-electron chi connectivity index (χ4n) is 3.21. The van der Waals surface area contributed by atoms with Gasteiger partial charge in [0.2, 0.25) is 0 Å². The van der Waals surface area contributed by atoms with Gasteiger partial charge in [-0.2, -0.15) is 13.2 Å². The van der Waals surface area contributed by atoms with Crippen LogP contribution >= 0.6 is 11.6 Å². The topological polar surface area (TPSA) is 42.9 Å². The minimum Gasteiger partial charge on any atom is -0.354 e. The molecule has 2 atom stereocenters. The van der Waals surface area contributed by atoms with Gasteiger partial charge in [0.15, 0.2) is 5.96 Å². The van der Waals surface area contributed by atoms with Crippen LogP contribution in [0.5, 0.6) is 0 Å². The van der Waals surface area contributed by atoms with Crippen molar-refractivity contribution in [2.24, 2.45) is 4.99 Å². The number of halogens is 4. The molecular formula is C18H27ClF3N5. The number of guanidine groups is 1. The summed E-state index contributed by atoms with van der Waals surface area (Å²) in [7, 11) is 5.64. The van der Waals surface area contributed by atoms with E-state index in [0.29, 0.717) is 37.0 Å². The van der Waals surface area contributed by atoms with Gasteiger partial charge >= 0.3 is 6.18 Å². The van der Waals surface area contributed by atoms with Gasteiger partial charge in [0.1, 0.15) is 0 Å². The Hall–Kier alpha value is -1.51. The van der Waals surface area contributed by atoms with Crippen LogP contribution in [0.1, 0.15) is 18.0 Å². The van der Waals surface area contributed by atoms with E-state index in [0.717, 1.165) is 5.56 Å². The molecule has 9 heteroatoms. The molecule has 152 valence electrons. The number of hydrogen-bond donors (Lipinski definition) is 2. The highest BCUT2D eigenvalue weighted by Crippen LogP contribution is 2.21. The summed E-state index contributed by atoms with van der Waals surface area (Å²) in [6.07, 6.45) is -3.50. The zero-order chi connectivity index (χ0) is 20.0. The van der Waals surface area contributed by atoms with Gasteiger partial charge in [0.05, 0.1) is 12.6 Å². The van der Waals surface area contributed by atoms with Crippen LogP contribution < -0.4 is 10.6 Å². The number of benzene rings is 1. The van der Waals surface area contributed by atoms with E-state index in [1.54, 1.807) is 7.05 Å². The van der Waals surface area contributed by atoms with E-state index in [2.05, 4.69) is 20.5 Å². The maximum atomic E-state index is 12.5. The predicted molar refractivity (Wildman–Crippen MR) is 103 cm³/mol. The van der Waals surface area contributed by atoms with Gasteiger partial charge < -0.3 is 15.5 Å². The maximum Gasteiger partial charge on any atom is 0.401 e. The SMILES string of the molecule is CN=C(NCC(c1ccc(Cl)cc1)N(C)C)NC1CCN(CC(F)(F)F)C1. The summed E-state index contributed by atoms with van der Waals surface area (Å²) in [5, 5.41) is 7.19. The Bertz CT molecular complexity index is 618. The molecule has 2 unspecified atom stereocenters. The molecule has 1 aromatic carbocycles. The van der Waals surface area contributed by atoms with Gasteiger partial charge in [-0.15, -0.1) is 0 Å². The van der Waals surface area contributed by atoms with Crippen LogP contribution in [0, 0.1) is 0 Å². The van der Waals surface area contributed by atoms with Crippen LogP contribution in [0.3, 0.4) is 0 Å². The van der Waals surface area contributed by atoms with Crippen LogP contribution in [0.2, 0.25) is 5.02 Å². The molecule has 5 nitrogen and oxygen atoms in total. The molecule has 0 radical (unpaired) electrons. The van der Waals surface area contributed by atoms with Crippen molar-refractivity contribution in [3.8, 4) is 0 Å². The van der Waals surface area contributed by atoms with Crippen molar-refractivity contribution in [1.82, 2.24) is 20.4 Å².